The number of benzene rings is 7. The highest BCUT2D eigenvalue weighted by molar-refractivity contribution is 5.90. The molecule has 2 unspecified atom stereocenters. The van der Waals surface area contributed by atoms with Gasteiger partial charge in [0.25, 0.3) is 0 Å². The van der Waals surface area contributed by atoms with Gasteiger partial charge in [-0.3, -0.25) is 0 Å². The fourth-order valence-corrected chi connectivity index (χ4v) is 7.65. The Bertz CT molecular complexity index is 2150. The van der Waals surface area contributed by atoms with Crippen molar-refractivity contribution in [3.8, 4) is 44.5 Å². The van der Waals surface area contributed by atoms with Crippen LogP contribution in [0.4, 0.5) is 0 Å². The molecule has 0 saturated carbocycles. The molecule has 0 nitrogen and oxygen atoms in total. The van der Waals surface area contributed by atoms with Crippen LogP contribution in [0.5, 0.6) is 0 Å². The number of rotatable bonds is 4. The first kappa shape index (κ1) is 25.1. The monoisotopic (exact) mass is 558 g/mol. The van der Waals surface area contributed by atoms with E-state index in [1.54, 1.807) is 0 Å². The van der Waals surface area contributed by atoms with E-state index in [9.17, 15) is 0 Å². The molecule has 0 fully saturated rings. The zero-order valence-corrected chi connectivity index (χ0v) is 24.3. The molecule has 0 amide bonds. The van der Waals surface area contributed by atoms with Crippen LogP contribution in [0.3, 0.4) is 0 Å². The minimum atomic E-state index is 0.190. The Morgan fingerprint density at radius 2 is 0.705 bits per heavy atom. The molecule has 0 bridgehead atoms. The molecule has 0 spiro atoms. The summed E-state index contributed by atoms with van der Waals surface area (Å²) in [6.45, 7) is 0. The van der Waals surface area contributed by atoms with Crippen molar-refractivity contribution in [2.75, 3.05) is 0 Å². The van der Waals surface area contributed by atoms with Crippen molar-refractivity contribution >= 4 is 0 Å². The Morgan fingerprint density at radius 1 is 0.250 bits per heavy atom. The normalized spacial score (nSPS) is 15.7. The van der Waals surface area contributed by atoms with E-state index in [0.29, 0.717) is 0 Å². The Morgan fingerprint density at radius 3 is 1.34 bits per heavy atom. The lowest BCUT2D eigenvalue weighted by Crippen LogP contribution is -2.03. The van der Waals surface area contributed by atoms with Gasteiger partial charge in [-0.25, -0.2) is 0 Å². The van der Waals surface area contributed by atoms with Crippen molar-refractivity contribution < 1.29 is 0 Å². The van der Waals surface area contributed by atoms with Crippen LogP contribution in [0.25, 0.3) is 44.5 Å². The number of fused-ring (bicyclic) bond motifs is 6. The minimum absolute atomic E-state index is 0.190. The van der Waals surface area contributed by atoms with Gasteiger partial charge in [-0.15, -0.1) is 0 Å². The molecule has 2 atom stereocenters. The zero-order valence-electron chi connectivity index (χ0n) is 24.3. The summed E-state index contributed by atoms with van der Waals surface area (Å²) in [4.78, 5) is 0. The molecule has 7 aromatic rings. The highest BCUT2D eigenvalue weighted by Crippen LogP contribution is 2.55. The molecule has 7 aromatic carbocycles. The highest BCUT2D eigenvalue weighted by Gasteiger charge is 2.36. The van der Waals surface area contributed by atoms with Gasteiger partial charge in [0.15, 0.2) is 0 Å². The van der Waals surface area contributed by atoms with Crippen molar-refractivity contribution in [3.63, 3.8) is 0 Å². The summed E-state index contributed by atoms with van der Waals surface area (Å²) in [5, 5.41) is 0. The average molecular weight is 559 g/mol. The van der Waals surface area contributed by atoms with E-state index in [0.717, 1.165) is 0 Å². The topological polar surface area (TPSA) is 0 Å². The van der Waals surface area contributed by atoms with Crippen molar-refractivity contribution in [2.24, 2.45) is 0 Å². The van der Waals surface area contributed by atoms with E-state index in [4.69, 9.17) is 0 Å². The molecule has 0 aliphatic heterocycles. The van der Waals surface area contributed by atoms with E-state index < -0.39 is 0 Å². The maximum Gasteiger partial charge on any atom is 0.0352 e. The van der Waals surface area contributed by atoms with Gasteiger partial charge < -0.3 is 0 Å². The molecule has 9 rings (SSSR count). The van der Waals surface area contributed by atoms with Crippen LogP contribution in [0.15, 0.2) is 170 Å². The van der Waals surface area contributed by atoms with E-state index in [1.807, 2.05) is 0 Å². The second-order valence-corrected chi connectivity index (χ2v) is 12.0. The summed E-state index contributed by atoms with van der Waals surface area (Å²) in [6.07, 6.45) is 0. The number of hydrogen-bond acceptors (Lipinski definition) is 0. The molecule has 2 aliphatic rings. The molecule has 0 N–H and O–H groups in total. The molecular formula is C44H30. The zero-order chi connectivity index (χ0) is 29.0. The third-order valence-electron chi connectivity index (χ3n) is 9.65. The third kappa shape index (κ3) is 3.92. The summed E-state index contributed by atoms with van der Waals surface area (Å²) in [5.41, 5.74) is 18.8. The largest absolute Gasteiger partial charge is 0.0622 e. The fourth-order valence-electron chi connectivity index (χ4n) is 7.65. The second-order valence-electron chi connectivity index (χ2n) is 12.0. The van der Waals surface area contributed by atoms with E-state index in [2.05, 4.69) is 170 Å². The summed E-state index contributed by atoms with van der Waals surface area (Å²) in [7, 11) is 0. The van der Waals surface area contributed by atoms with Crippen LogP contribution in [-0.2, 0) is 0 Å². The van der Waals surface area contributed by atoms with Gasteiger partial charge in [0.2, 0.25) is 0 Å². The predicted octanol–water partition coefficient (Wildman–Crippen LogP) is 11.3. The van der Waals surface area contributed by atoms with E-state index >= 15 is 0 Å². The second kappa shape index (κ2) is 10.1. The van der Waals surface area contributed by atoms with Crippen molar-refractivity contribution in [1.82, 2.24) is 0 Å². The predicted molar refractivity (Wildman–Crippen MR) is 183 cm³/mol. The Kier molecular flexibility index (Phi) is 5.74. The highest BCUT2D eigenvalue weighted by atomic mass is 14.4. The lowest BCUT2D eigenvalue weighted by molar-refractivity contribution is 0.982. The molecule has 206 valence electrons. The fraction of sp³-hybridized carbons (Fsp3) is 0.0455. The van der Waals surface area contributed by atoms with Crippen LogP contribution in [0, 0.1) is 0 Å². The van der Waals surface area contributed by atoms with Crippen molar-refractivity contribution in [2.45, 2.75) is 11.8 Å². The summed E-state index contributed by atoms with van der Waals surface area (Å²) >= 11 is 0. The van der Waals surface area contributed by atoms with Gasteiger partial charge in [0, 0.05) is 11.8 Å². The molecule has 0 saturated heterocycles. The molecule has 0 aromatic heterocycles. The van der Waals surface area contributed by atoms with Crippen LogP contribution in [-0.4, -0.2) is 0 Å². The molecule has 0 heterocycles. The van der Waals surface area contributed by atoms with Crippen molar-refractivity contribution in [1.29, 1.82) is 0 Å². The third-order valence-corrected chi connectivity index (χ3v) is 9.65. The molecule has 0 heteroatoms. The summed E-state index contributed by atoms with van der Waals surface area (Å²) in [6, 6.07) is 62.8. The Hall–Kier alpha value is -5.46. The minimum Gasteiger partial charge on any atom is -0.0622 e. The van der Waals surface area contributed by atoms with Crippen molar-refractivity contribution in [3.05, 3.63) is 203 Å². The first-order chi connectivity index (χ1) is 21.8. The first-order valence-corrected chi connectivity index (χ1v) is 15.5. The van der Waals surface area contributed by atoms with E-state index in [1.165, 1.54) is 77.9 Å². The molecular weight excluding hydrogens is 528 g/mol. The smallest absolute Gasteiger partial charge is 0.0352 e. The van der Waals surface area contributed by atoms with Crippen LogP contribution in [0.2, 0.25) is 0 Å². The SMILES string of the molecule is c1ccc(-c2ccc(-c3cccc(C4c5ccccc5-c5cc6c(cc54)C(c4ccccc4)c4ccccc4-6)c3)cc2)cc1. The van der Waals surface area contributed by atoms with Gasteiger partial charge in [-0.05, 0) is 84.0 Å². The molecule has 0 radical (unpaired) electrons. The Labute approximate surface area is 258 Å². The maximum atomic E-state index is 2.54. The van der Waals surface area contributed by atoms with Gasteiger partial charge in [-0.2, -0.15) is 0 Å². The summed E-state index contributed by atoms with van der Waals surface area (Å²) in [5.74, 6) is 0.432. The van der Waals surface area contributed by atoms with Gasteiger partial charge in [-0.1, -0.05) is 164 Å². The lowest BCUT2D eigenvalue weighted by Gasteiger charge is -2.19. The maximum absolute atomic E-state index is 2.54. The molecule has 2 aliphatic carbocycles. The van der Waals surface area contributed by atoms with Crippen LogP contribution in [0.1, 0.15) is 45.2 Å². The lowest BCUT2D eigenvalue weighted by atomic mass is 9.84. The first-order valence-electron chi connectivity index (χ1n) is 15.5. The van der Waals surface area contributed by atoms with Crippen LogP contribution >= 0.6 is 0 Å². The number of hydrogen-bond donors (Lipinski definition) is 0. The molecule has 44 heavy (non-hydrogen) atoms. The van der Waals surface area contributed by atoms with E-state index in [-0.39, 0.29) is 11.8 Å². The Balaban J connectivity index is 1.18. The van der Waals surface area contributed by atoms with Gasteiger partial charge in [0.1, 0.15) is 0 Å². The average Bonchev–Trinajstić information content (AvgIpc) is 3.60. The quantitative estimate of drug-likeness (QED) is 0.201. The van der Waals surface area contributed by atoms with Gasteiger partial charge in [0.05, 0.1) is 0 Å². The standard InChI is InChI=1S/C44H30/c1-3-12-29(13-4-1)30-22-24-31(25-23-30)33-16-11-17-34(26-33)44-38-21-10-8-19-36(38)40-27-39-35-18-7-9-20-37(35)43(41(39)28-42(40)44)32-14-5-2-6-15-32/h1-28,43-44H. The van der Waals surface area contributed by atoms with Crippen LogP contribution < -0.4 is 0 Å². The van der Waals surface area contributed by atoms with Gasteiger partial charge >= 0.3 is 0 Å². The summed E-state index contributed by atoms with van der Waals surface area (Å²) < 4.78 is 0.